The van der Waals surface area contributed by atoms with Gasteiger partial charge in [0.1, 0.15) is 6.07 Å². The summed E-state index contributed by atoms with van der Waals surface area (Å²) in [6.45, 7) is 2.82. The van der Waals surface area contributed by atoms with Crippen LogP contribution in [-0.4, -0.2) is 55.3 Å². The van der Waals surface area contributed by atoms with E-state index in [4.69, 9.17) is 0 Å². The van der Waals surface area contributed by atoms with E-state index in [-0.39, 0.29) is 30.7 Å². The maximum Gasteiger partial charge on any atom is 0.222 e. The predicted octanol–water partition coefficient (Wildman–Crippen LogP) is 3.98. The molecule has 2 saturated heterocycles. The second-order valence-electron chi connectivity index (χ2n) is 9.55. The van der Waals surface area contributed by atoms with Crippen molar-refractivity contribution in [1.29, 1.82) is 5.26 Å². The van der Waals surface area contributed by atoms with Crippen LogP contribution in [0.15, 0.2) is 30.5 Å². The summed E-state index contributed by atoms with van der Waals surface area (Å²) in [5.74, 6) is 0.125. The summed E-state index contributed by atoms with van der Waals surface area (Å²) in [4.78, 5) is 19.6. The zero-order valence-electron chi connectivity index (χ0n) is 18.5. The highest BCUT2D eigenvalue weighted by atomic mass is 19.1. The number of amides is 1. The van der Waals surface area contributed by atoms with Crippen LogP contribution in [0.2, 0.25) is 0 Å². The second kappa shape index (κ2) is 9.50. The van der Waals surface area contributed by atoms with Crippen LogP contribution in [-0.2, 0) is 4.79 Å². The molecule has 0 saturated carbocycles. The van der Waals surface area contributed by atoms with E-state index < -0.39 is 18.8 Å². The molecule has 0 radical (unpaired) electrons. The van der Waals surface area contributed by atoms with Gasteiger partial charge in [-0.25, -0.2) is 0 Å². The average molecular weight is 441 g/mol. The Morgan fingerprint density at radius 3 is 2.88 bits per heavy atom. The van der Waals surface area contributed by atoms with Crippen LogP contribution < -0.4 is 5.32 Å². The van der Waals surface area contributed by atoms with Crippen LogP contribution in [0, 0.1) is 28.6 Å². The lowest BCUT2D eigenvalue weighted by atomic mass is 9.71. The number of pyridine rings is 1. The summed E-state index contributed by atoms with van der Waals surface area (Å²) in [7, 11) is 0. The first-order chi connectivity index (χ1) is 15.5. The zero-order chi connectivity index (χ0) is 22.7. The highest BCUT2D eigenvalue weighted by molar-refractivity contribution is 5.87. The number of nitrogens with zero attached hydrogens (tertiary/aromatic N) is 3. The minimum atomic E-state index is -1.09. The third-order valence-corrected chi connectivity index (χ3v) is 7.34. The molecule has 5 nitrogen and oxygen atoms in total. The second-order valence-corrected chi connectivity index (χ2v) is 9.55. The van der Waals surface area contributed by atoms with E-state index in [0.29, 0.717) is 43.1 Å². The first-order valence-corrected chi connectivity index (χ1v) is 11.4. The van der Waals surface area contributed by atoms with Crippen molar-refractivity contribution in [2.45, 2.75) is 32.1 Å². The Labute approximate surface area is 187 Å². The fourth-order valence-corrected chi connectivity index (χ4v) is 5.49. The highest BCUT2D eigenvalue weighted by Gasteiger charge is 2.43. The van der Waals surface area contributed by atoms with Crippen molar-refractivity contribution in [2.24, 2.45) is 17.3 Å². The molecule has 1 N–H and O–H groups in total. The van der Waals surface area contributed by atoms with Crippen molar-refractivity contribution in [3.63, 3.8) is 0 Å². The quantitative estimate of drug-likeness (QED) is 0.764. The number of alkyl halides is 2. The van der Waals surface area contributed by atoms with Crippen molar-refractivity contribution in [3.05, 3.63) is 41.6 Å². The standard InChI is InChI=1S/C25H30F2N4O/c1-17-9-19(21-5-4-18(11-28)24-22(21)3-2-7-30-24)13-31(12-17)23(32)10-20-6-8-29-16-25(20,14-26)15-27/h2-5,7,17,19-20,29H,6,8-10,12-16H2,1H3/t17?,19?,20-/m0/s1. The fraction of sp³-hybridized carbons (Fsp3) is 0.560. The van der Waals surface area contributed by atoms with Gasteiger partial charge in [-0.15, -0.1) is 0 Å². The van der Waals surface area contributed by atoms with Crippen LogP contribution in [0.25, 0.3) is 10.9 Å². The number of rotatable bonds is 5. The Morgan fingerprint density at radius 1 is 1.31 bits per heavy atom. The maximum absolute atomic E-state index is 13.8. The van der Waals surface area contributed by atoms with Crippen LogP contribution in [0.3, 0.4) is 0 Å². The summed E-state index contributed by atoms with van der Waals surface area (Å²) in [6, 6.07) is 9.85. The van der Waals surface area contributed by atoms with Gasteiger partial charge in [0.2, 0.25) is 5.91 Å². The van der Waals surface area contributed by atoms with Gasteiger partial charge in [0.15, 0.2) is 0 Å². The van der Waals surface area contributed by atoms with Crippen molar-refractivity contribution in [2.75, 3.05) is 39.5 Å². The fourth-order valence-electron chi connectivity index (χ4n) is 5.49. The van der Waals surface area contributed by atoms with Crippen molar-refractivity contribution in [3.8, 4) is 6.07 Å². The molecule has 2 fully saturated rings. The molecule has 170 valence electrons. The van der Waals surface area contributed by atoms with Crippen molar-refractivity contribution in [1.82, 2.24) is 15.2 Å². The van der Waals surface area contributed by atoms with Gasteiger partial charge < -0.3 is 10.2 Å². The third kappa shape index (κ3) is 4.21. The van der Waals surface area contributed by atoms with Crippen LogP contribution >= 0.6 is 0 Å². The lowest BCUT2D eigenvalue weighted by Gasteiger charge is -2.42. The number of carbonyl (C=O) groups excluding carboxylic acids is 1. The molecule has 4 rings (SSSR count). The molecule has 1 aromatic heterocycles. The minimum absolute atomic E-state index is 0.0178. The number of benzene rings is 1. The van der Waals surface area contributed by atoms with Gasteiger partial charge in [-0.3, -0.25) is 18.6 Å². The number of nitrogens with one attached hydrogen (secondary N) is 1. The highest BCUT2D eigenvalue weighted by Crippen LogP contribution is 2.39. The van der Waals surface area contributed by atoms with Crippen LogP contribution in [0.5, 0.6) is 0 Å². The molecule has 3 heterocycles. The van der Waals surface area contributed by atoms with Crippen molar-refractivity contribution >= 4 is 16.8 Å². The van der Waals surface area contributed by atoms with Gasteiger partial charge in [0.05, 0.1) is 24.4 Å². The third-order valence-electron chi connectivity index (χ3n) is 7.34. The van der Waals surface area contributed by atoms with Gasteiger partial charge in [0, 0.05) is 49.0 Å². The summed E-state index contributed by atoms with van der Waals surface area (Å²) < 4.78 is 27.6. The number of carbonyl (C=O) groups is 1. The number of likely N-dealkylation sites (tertiary alicyclic amines) is 1. The molecule has 32 heavy (non-hydrogen) atoms. The molecule has 3 atom stereocenters. The van der Waals surface area contributed by atoms with Gasteiger partial charge in [-0.1, -0.05) is 19.1 Å². The first kappa shape index (κ1) is 22.6. The van der Waals surface area contributed by atoms with E-state index in [0.717, 1.165) is 17.4 Å². The molecule has 1 aromatic carbocycles. The number of halogens is 2. The van der Waals surface area contributed by atoms with Crippen LogP contribution in [0.4, 0.5) is 8.78 Å². The van der Waals surface area contributed by atoms with Gasteiger partial charge in [-0.05, 0) is 48.9 Å². The number of nitriles is 1. The number of hydrogen-bond donors (Lipinski definition) is 1. The molecule has 2 aliphatic rings. The average Bonchev–Trinajstić information content (AvgIpc) is 2.83. The molecule has 7 heteroatoms. The smallest absolute Gasteiger partial charge is 0.222 e. The van der Waals surface area contributed by atoms with E-state index in [1.807, 2.05) is 29.2 Å². The van der Waals surface area contributed by atoms with E-state index in [1.54, 1.807) is 6.20 Å². The number of hydrogen-bond acceptors (Lipinski definition) is 4. The maximum atomic E-state index is 13.8. The monoisotopic (exact) mass is 440 g/mol. The molecule has 0 aliphatic carbocycles. The summed E-state index contributed by atoms with van der Waals surface area (Å²) in [5, 5.41) is 13.5. The Bertz CT molecular complexity index is 1020. The van der Waals surface area contributed by atoms with E-state index in [1.165, 1.54) is 0 Å². The Balaban J connectivity index is 1.56. The predicted molar refractivity (Wildman–Crippen MR) is 120 cm³/mol. The number of fused-ring (bicyclic) bond motifs is 1. The molecule has 2 aromatic rings. The van der Waals surface area contributed by atoms with E-state index in [2.05, 4.69) is 23.3 Å². The Kier molecular flexibility index (Phi) is 6.71. The molecule has 1 amide bonds. The largest absolute Gasteiger partial charge is 0.342 e. The van der Waals surface area contributed by atoms with Gasteiger partial charge >= 0.3 is 0 Å². The van der Waals surface area contributed by atoms with Crippen LogP contribution in [0.1, 0.15) is 43.2 Å². The summed E-state index contributed by atoms with van der Waals surface area (Å²) >= 11 is 0. The zero-order valence-corrected chi connectivity index (χ0v) is 18.5. The summed E-state index contributed by atoms with van der Waals surface area (Å²) in [6.07, 6.45) is 3.42. The first-order valence-electron chi connectivity index (χ1n) is 11.4. The molecule has 2 aliphatic heterocycles. The normalized spacial score (nSPS) is 25.4. The SMILES string of the molecule is CC1CC(c2ccc(C#N)c3ncccc23)CN(C(=O)C[C@@H]2CCNCC2(CF)CF)C1. The molecular weight excluding hydrogens is 410 g/mol. The molecule has 0 bridgehead atoms. The summed E-state index contributed by atoms with van der Waals surface area (Å²) in [5.41, 5.74) is 1.24. The lowest BCUT2D eigenvalue weighted by molar-refractivity contribution is -0.136. The van der Waals surface area contributed by atoms with Gasteiger partial charge in [0.25, 0.3) is 0 Å². The molecule has 0 spiro atoms. The van der Waals surface area contributed by atoms with Gasteiger partial charge in [-0.2, -0.15) is 5.26 Å². The minimum Gasteiger partial charge on any atom is -0.342 e. The van der Waals surface area contributed by atoms with E-state index >= 15 is 0 Å². The van der Waals surface area contributed by atoms with E-state index in [9.17, 15) is 18.8 Å². The number of aromatic nitrogens is 1. The Morgan fingerprint density at radius 2 is 2.12 bits per heavy atom. The Hall–Kier alpha value is -2.59. The topological polar surface area (TPSA) is 69.0 Å². The molecular formula is C25H30F2N4O. The molecule has 2 unspecified atom stereocenters. The number of piperidine rings is 2. The lowest BCUT2D eigenvalue weighted by Crippen LogP contribution is -2.52. The van der Waals surface area contributed by atoms with Crippen molar-refractivity contribution < 1.29 is 13.6 Å².